The number of hydrogen-bond acceptors (Lipinski definition) is 3. The molecule has 8 heteroatoms. The van der Waals surface area contributed by atoms with Crippen molar-refractivity contribution < 1.29 is 22.9 Å². The number of rotatable bonds is 7. The fourth-order valence-corrected chi connectivity index (χ4v) is 3.30. The molecule has 166 valence electrons. The molecule has 3 aromatic rings. The number of alkyl halides is 3. The average Bonchev–Trinajstić information content (AvgIpc) is 2.76. The van der Waals surface area contributed by atoms with Gasteiger partial charge >= 0.3 is 6.18 Å². The lowest BCUT2D eigenvalue weighted by Crippen LogP contribution is -2.32. The van der Waals surface area contributed by atoms with Crippen molar-refractivity contribution in [2.75, 3.05) is 6.54 Å². The summed E-state index contributed by atoms with van der Waals surface area (Å²) >= 11 is 0. The molecule has 3 aromatic carbocycles. The Morgan fingerprint density at radius 2 is 1.62 bits per heavy atom. The molecule has 0 radical (unpaired) electrons. The first kappa shape index (κ1) is 23.0. The second-order valence-corrected chi connectivity index (χ2v) is 7.42. The third kappa shape index (κ3) is 5.72. The Balaban J connectivity index is 1.87. The highest BCUT2D eigenvalue weighted by Crippen LogP contribution is 2.29. The minimum atomic E-state index is -4.44. The summed E-state index contributed by atoms with van der Waals surface area (Å²) in [7, 11) is 0. The van der Waals surface area contributed by atoms with Crippen LogP contribution >= 0.6 is 0 Å². The summed E-state index contributed by atoms with van der Waals surface area (Å²) in [6, 6.07) is 18.4. The first-order chi connectivity index (χ1) is 15.1. The molecule has 0 aliphatic rings. The highest BCUT2D eigenvalue weighted by Gasteiger charge is 2.30. The highest BCUT2D eigenvalue weighted by atomic mass is 19.4. The second kappa shape index (κ2) is 9.64. The average molecular weight is 442 g/mol. The maximum absolute atomic E-state index is 13.2. The molecular formula is C24H21F3N2O3. The number of hydrogen-bond donors (Lipinski definition) is 0. The zero-order chi connectivity index (χ0) is 23.3. The van der Waals surface area contributed by atoms with Crippen LogP contribution in [0, 0.1) is 17.0 Å². The summed E-state index contributed by atoms with van der Waals surface area (Å²) in [6.07, 6.45) is -3.91. The third-order valence-corrected chi connectivity index (χ3v) is 5.11. The van der Waals surface area contributed by atoms with Crippen LogP contribution in [0.1, 0.15) is 32.6 Å². The molecule has 5 nitrogen and oxygen atoms in total. The molecule has 0 aliphatic heterocycles. The highest BCUT2D eigenvalue weighted by molar-refractivity contribution is 5.95. The minimum absolute atomic E-state index is 0.0749. The lowest BCUT2D eigenvalue weighted by Gasteiger charge is -2.23. The summed E-state index contributed by atoms with van der Waals surface area (Å²) < 4.78 is 38.6. The van der Waals surface area contributed by atoms with Gasteiger partial charge in [-0.05, 0) is 42.7 Å². The van der Waals surface area contributed by atoms with Gasteiger partial charge in [0.15, 0.2) is 0 Å². The number of nitro benzene ring substituents is 1. The number of nitro groups is 1. The van der Waals surface area contributed by atoms with Gasteiger partial charge in [-0.3, -0.25) is 14.9 Å². The Hall–Kier alpha value is -3.68. The van der Waals surface area contributed by atoms with E-state index in [1.54, 1.807) is 6.92 Å². The van der Waals surface area contributed by atoms with Crippen LogP contribution in [0.2, 0.25) is 0 Å². The Kier molecular flexibility index (Phi) is 6.92. The molecular weight excluding hydrogens is 421 g/mol. The predicted octanol–water partition coefficient (Wildman–Crippen LogP) is 5.81. The third-order valence-electron chi connectivity index (χ3n) is 5.11. The van der Waals surface area contributed by atoms with Crippen LogP contribution in [0.15, 0.2) is 72.8 Å². The van der Waals surface area contributed by atoms with E-state index in [4.69, 9.17) is 0 Å². The van der Waals surface area contributed by atoms with Crippen molar-refractivity contribution in [2.45, 2.75) is 26.1 Å². The van der Waals surface area contributed by atoms with Gasteiger partial charge in [0, 0.05) is 30.3 Å². The zero-order valence-electron chi connectivity index (χ0n) is 17.3. The van der Waals surface area contributed by atoms with E-state index in [0.29, 0.717) is 24.1 Å². The number of carbonyl (C=O) groups is 1. The van der Waals surface area contributed by atoms with E-state index >= 15 is 0 Å². The van der Waals surface area contributed by atoms with E-state index in [1.165, 1.54) is 35.2 Å². The predicted molar refractivity (Wildman–Crippen MR) is 114 cm³/mol. The lowest BCUT2D eigenvalue weighted by molar-refractivity contribution is -0.385. The molecule has 0 spiro atoms. The van der Waals surface area contributed by atoms with Gasteiger partial charge in [-0.25, -0.2) is 0 Å². The molecule has 0 saturated carbocycles. The molecule has 0 heterocycles. The van der Waals surface area contributed by atoms with Gasteiger partial charge in [0.05, 0.1) is 10.5 Å². The quantitative estimate of drug-likeness (QED) is 0.343. The Morgan fingerprint density at radius 3 is 2.22 bits per heavy atom. The number of benzene rings is 3. The van der Waals surface area contributed by atoms with Crippen LogP contribution in [-0.2, 0) is 19.1 Å². The van der Waals surface area contributed by atoms with Gasteiger partial charge in [-0.2, -0.15) is 13.2 Å². The van der Waals surface area contributed by atoms with Crippen molar-refractivity contribution in [2.24, 2.45) is 0 Å². The Bertz CT molecular complexity index is 1100. The van der Waals surface area contributed by atoms with Crippen LogP contribution in [0.25, 0.3) is 0 Å². The fourth-order valence-electron chi connectivity index (χ4n) is 3.30. The van der Waals surface area contributed by atoms with Crippen LogP contribution in [0.5, 0.6) is 0 Å². The topological polar surface area (TPSA) is 63.5 Å². The van der Waals surface area contributed by atoms with Crippen LogP contribution in [0.4, 0.5) is 18.9 Å². The summed E-state index contributed by atoms with van der Waals surface area (Å²) in [6.45, 7) is 1.96. The van der Waals surface area contributed by atoms with Gasteiger partial charge in [0.25, 0.3) is 11.6 Å². The molecule has 32 heavy (non-hydrogen) atoms. The van der Waals surface area contributed by atoms with E-state index in [0.717, 1.165) is 17.7 Å². The van der Waals surface area contributed by atoms with E-state index in [1.807, 2.05) is 30.3 Å². The molecule has 0 bridgehead atoms. The Labute approximate surface area is 183 Å². The fraction of sp³-hybridized carbons (Fsp3) is 0.208. The van der Waals surface area contributed by atoms with E-state index in [2.05, 4.69) is 0 Å². The van der Waals surface area contributed by atoms with Crippen LogP contribution in [0.3, 0.4) is 0 Å². The summed E-state index contributed by atoms with van der Waals surface area (Å²) in [5, 5.41) is 11.3. The van der Waals surface area contributed by atoms with Gasteiger partial charge < -0.3 is 4.90 Å². The molecule has 0 unspecified atom stereocenters. The van der Waals surface area contributed by atoms with E-state index in [-0.39, 0.29) is 17.8 Å². The largest absolute Gasteiger partial charge is 0.416 e. The van der Waals surface area contributed by atoms with E-state index in [9.17, 15) is 28.1 Å². The molecule has 0 aliphatic carbocycles. The van der Waals surface area contributed by atoms with Crippen molar-refractivity contribution >= 4 is 11.6 Å². The number of nitrogens with zero attached hydrogens (tertiary/aromatic N) is 2. The van der Waals surface area contributed by atoms with Gasteiger partial charge in [0.2, 0.25) is 0 Å². The first-order valence-electron chi connectivity index (χ1n) is 9.89. The lowest BCUT2D eigenvalue weighted by atomic mass is 10.1. The Morgan fingerprint density at radius 1 is 0.969 bits per heavy atom. The maximum atomic E-state index is 13.2. The number of halogens is 3. The van der Waals surface area contributed by atoms with Crippen molar-refractivity contribution in [1.29, 1.82) is 0 Å². The van der Waals surface area contributed by atoms with Crippen molar-refractivity contribution in [3.63, 3.8) is 0 Å². The maximum Gasteiger partial charge on any atom is 0.416 e. The van der Waals surface area contributed by atoms with Crippen LogP contribution in [-0.4, -0.2) is 22.3 Å². The molecule has 0 atom stereocenters. The number of aryl methyl sites for hydroxylation is 1. The van der Waals surface area contributed by atoms with Gasteiger partial charge in [-0.1, -0.05) is 48.5 Å². The molecule has 3 rings (SSSR count). The smallest absolute Gasteiger partial charge is 0.334 e. The normalized spacial score (nSPS) is 11.2. The summed E-state index contributed by atoms with van der Waals surface area (Å²) in [4.78, 5) is 25.4. The van der Waals surface area contributed by atoms with Crippen LogP contribution < -0.4 is 0 Å². The summed E-state index contributed by atoms with van der Waals surface area (Å²) in [5.41, 5.74) is 1.19. The first-order valence-corrected chi connectivity index (χ1v) is 9.89. The molecule has 1 amide bonds. The van der Waals surface area contributed by atoms with Crippen molar-refractivity contribution in [3.8, 4) is 0 Å². The zero-order valence-corrected chi connectivity index (χ0v) is 17.3. The van der Waals surface area contributed by atoms with Crippen molar-refractivity contribution in [1.82, 2.24) is 4.90 Å². The van der Waals surface area contributed by atoms with E-state index < -0.39 is 22.6 Å². The summed E-state index contributed by atoms with van der Waals surface area (Å²) in [5.74, 6) is -0.427. The van der Waals surface area contributed by atoms with Gasteiger partial charge in [-0.15, -0.1) is 0 Å². The minimum Gasteiger partial charge on any atom is -0.334 e. The van der Waals surface area contributed by atoms with Gasteiger partial charge in [0.1, 0.15) is 0 Å². The van der Waals surface area contributed by atoms with Crippen molar-refractivity contribution in [3.05, 3.63) is 111 Å². The molecule has 0 N–H and O–H groups in total. The standard InChI is InChI=1S/C24H21F3N2O3/c1-17-7-10-20(15-22(17)29(31)32)23(30)28(14-13-18-5-3-2-4-6-18)16-19-8-11-21(12-9-19)24(25,26)27/h2-12,15H,13-14,16H2,1H3. The monoisotopic (exact) mass is 442 g/mol. The molecule has 0 fully saturated rings. The number of amides is 1. The second-order valence-electron chi connectivity index (χ2n) is 7.42. The SMILES string of the molecule is Cc1ccc(C(=O)N(CCc2ccccc2)Cc2ccc(C(F)(F)F)cc2)cc1[N+](=O)[O-]. The molecule has 0 aromatic heterocycles. The molecule has 0 saturated heterocycles. The number of carbonyl (C=O) groups excluding carboxylic acids is 1.